The minimum absolute atomic E-state index is 0.141. The summed E-state index contributed by atoms with van der Waals surface area (Å²) in [4.78, 5) is 11.3. The molecule has 1 aromatic rings. The lowest BCUT2D eigenvalue weighted by Crippen LogP contribution is -2.08. The van der Waals surface area contributed by atoms with Crippen LogP contribution in [0.4, 0.5) is 0 Å². The van der Waals surface area contributed by atoms with Crippen LogP contribution >= 0.6 is 0 Å². The normalized spacial score (nSPS) is 9.86. The number of aryl methyl sites for hydroxylation is 1. The third kappa shape index (κ3) is 3.60. The molecule has 1 aromatic carbocycles. The molecule has 0 aliphatic heterocycles. The van der Waals surface area contributed by atoms with E-state index in [0.29, 0.717) is 13.0 Å². The Bertz CT molecular complexity index is 305. The van der Waals surface area contributed by atoms with Gasteiger partial charge in [0.05, 0.1) is 13.0 Å². The topological polar surface area (TPSA) is 26.3 Å². The zero-order valence-corrected chi connectivity index (χ0v) is 8.75. The number of esters is 1. The molecular weight excluding hydrogens is 176 g/mol. The van der Waals surface area contributed by atoms with Crippen molar-refractivity contribution in [3.8, 4) is 0 Å². The summed E-state index contributed by atoms with van der Waals surface area (Å²) in [5.41, 5.74) is 2.19. The van der Waals surface area contributed by atoms with Crippen LogP contribution < -0.4 is 0 Å². The molecule has 0 aliphatic carbocycles. The fourth-order valence-corrected chi connectivity index (χ4v) is 1.26. The first kappa shape index (κ1) is 10.8. The van der Waals surface area contributed by atoms with E-state index in [1.165, 1.54) is 5.56 Å². The van der Waals surface area contributed by atoms with Gasteiger partial charge in [0, 0.05) is 0 Å². The van der Waals surface area contributed by atoms with Crippen molar-refractivity contribution in [1.82, 2.24) is 0 Å². The van der Waals surface area contributed by atoms with Crippen molar-refractivity contribution >= 4 is 5.97 Å². The van der Waals surface area contributed by atoms with Crippen molar-refractivity contribution in [3.63, 3.8) is 0 Å². The molecule has 0 atom stereocenters. The molecule has 14 heavy (non-hydrogen) atoms. The molecule has 0 fully saturated rings. The number of carbonyl (C=O) groups is 1. The molecule has 2 heteroatoms. The third-order valence-electron chi connectivity index (χ3n) is 1.90. The van der Waals surface area contributed by atoms with Crippen molar-refractivity contribution in [2.75, 3.05) is 6.61 Å². The summed E-state index contributed by atoms with van der Waals surface area (Å²) >= 11 is 0. The lowest BCUT2D eigenvalue weighted by atomic mass is 10.1. The van der Waals surface area contributed by atoms with Gasteiger partial charge in [0.1, 0.15) is 0 Å². The summed E-state index contributed by atoms with van der Waals surface area (Å²) in [7, 11) is 0. The van der Waals surface area contributed by atoms with Gasteiger partial charge >= 0.3 is 5.97 Å². The SMILES string of the molecule is CCCOC(=O)Cc1cccc(C)c1. The van der Waals surface area contributed by atoms with Gasteiger partial charge in [0.2, 0.25) is 0 Å². The monoisotopic (exact) mass is 192 g/mol. The van der Waals surface area contributed by atoms with Gasteiger partial charge in [-0.05, 0) is 18.9 Å². The first-order chi connectivity index (χ1) is 6.72. The second kappa shape index (κ2) is 5.43. The van der Waals surface area contributed by atoms with Gasteiger partial charge in [0.15, 0.2) is 0 Å². The third-order valence-corrected chi connectivity index (χ3v) is 1.90. The Morgan fingerprint density at radius 3 is 2.86 bits per heavy atom. The molecule has 0 aromatic heterocycles. The van der Waals surface area contributed by atoms with Crippen LogP contribution in [0.2, 0.25) is 0 Å². The fraction of sp³-hybridized carbons (Fsp3) is 0.417. The zero-order chi connectivity index (χ0) is 10.4. The highest BCUT2D eigenvalue weighted by atomic mass is 16.5. The van der Waals surface area contributed by atoms with Crippen LogP contribution in [0.5, 0.6) is 0 Å². The van der Waals surface area contributed by atoms with E-state index < -0.39 is 0 Å². The van der Waals surface area contributed by atoms with Gasteiger partial charge in [-0.15, -0.1) is 0 Å². The minimum Gasteiger partial charge on any atom is -0.465 e. The number of ether oxygens (including phenoxy) is 1. The predicted molar refractivity (Wildman–Crippen MR) is 56.1 cm³/mol. The summed E-state index contributed by atoms with van der Waals surface area (Å²) in [6.45, 7) is 4.52. The van der Waals surface area contributed by atoms with E-state index in [0.717, 1.165) is 12.0 Å². The fourth-order valence-electron chi connectivity index (χ4n) is 1.26. The number of carbonyl (C=O) groups excluding carboxylic acids is 1. The molecule has 0 amide bonds. The number of benzene rings is 1. The highest BCUT2D eigenvalue weighted by Crippen LogP contribution is 2.05. The van der Waals surface area contributed by atoms with Crippen LogP contribution in [0.3, 0.4) is 0 Å². The number of hydrogen-bond donors (Lipinski definition) is 0. The van der Waals surface area contributed by atoms with E-state index in [4.69, 9.17) is 4.74 Å². The van der Waals surface area contributed by atoms with Gasteiger partial charge in [0.25, 0.3) is 0 Å². The Morgan fingerprint density at radius 2 is 2.21 bits per heavy atom. The van der Waals surface area contributed by atoms with Crippen LogP contribution in [0.15, 0.2) is 24.3 Å². The van der Waals surface area contributed by atoms with Crippen LogP contribution in [-0.2, 0) is 16.0 Å². The molecule has 0 aliphatic rings. The quantitative estimate of drug-likeness (QED) is 0.685. The maximum absolute atomic E-state index is 11.3. The van der Waals surface area contributed by atoms with Gasteiger partial charge < -0.3 is 4.74 Å². The Morgan fingerprint density at radius 1 is 1.43 bits per heavy atom. The average Bonchev–Trinajstić information content (AvgIpc) is 2.15. The van der Waals surface area contributed by atoms with E-state index in [2.05, 4.69) is 0 Å². The molecule has 0 N–H and O–H groups in total. The zero-order valence-electron chi connectivity index (χ0n) is 8.75. The second-order valence-corrected chi connectivity index (χ2v) is 3.39. The van der Waals surface area contributed by atoms with Crippen LogP contribution in [0.25, 0.3) is 0 Å². The highest BCUT2D eigenvalue weighted by Gasteiger charge is 2.03. The lowest BCUT2D eigenvalue weighted by Gasteiger charge is -2.03. The number of rotatable bonds is 4. The Labute approximate surface area is 84.9 Å². The molecule has 76 valence electrons. The Hall–Kier alpha value is -1.31. The molecule has 0 saturated carbocycles. The van der Waals surface area contributed by atoms with Gasteiger partial charge in [-0.1, -0.05) is 36.8 Å². The van der Waals surface area contributed by atoms with E-state index in [-0.39, 0.29) is 5.97 Å². The summed E-state index contributed by atoms with van der Waals surface area (Å²) in [6, 6.07) is 7.92. The summed E-state index contributed by atoms with van der Waals surface area (Å²) in [5.74, 6) is -0.141. The van der Waals surface area contributed by atoms with Crippen molar-refractivity contribution in [2.24, 2.45) is 0 Å². The van der Waals surface area contributed by atoms with Crippen LogP contribution in [-0.4, -0.2) is 12.6 Å². The van der Waals surface area contributed by atoms with E-state index >= 15 is 0 Å². The van der Waals surface area contributed by atoms with E-state index in [1.807, 2.05) is 38.1 Å². The smallest absolute Gasteiger partial charge is 0.310 e. The molecule has 2 nitrogen and oxygen atoms in total. The van der Waals surface area contributed by atoms with E-state index in [9.17, 15) is 4.79 Å². The first-order valence-electron chi connectivity index (χ1n) is 4.93. The Kier molecular flexibility index (Phi) is 4.17. The molecule has 0 unspecified atom stereocenters. The second-order valence-electron chi connectivity index (χ2n) is 3.39. The maximum Gasteiger partial charge on any atom is 0.310 e. The predicted octanol–water partition coefficient (Wildman–Crippen LogP) is 2.49. The molecule has 0 spiro atoms. The molecule has 1 rings (SSSR count). The standard InChI is InChI=1S/C12H16O2/c1-3-7-14-12(13)9-11-6-4-5-10(2)8-11/h4-6,8H,3,7,9H2,1-2H3. The van der Waals surface area contributed by atoms with Gasteiger partial charge in [-0.25, -0.2) is 0 Å². The molecular formula is C12H16O2. The molecule has 0 saturated heterocycles. The first-order valence-corrected chi connectivity index (χ1v) is 4.93. The summed E-state index contributed by atoms with van der Waals surface area (Å²) in [6.07, 6.45) is 1.25. The minimum atomic E-state index is -0.141. The molecule has 0 bridgehead atoms. The van der Waals surface area contributed by atoms with Crippen molar-refractivity contribution in [2.45, 2.75) is 26.7 Å². The average molecular weight is 192 g/mol. The number of hydrogen-bond acceptors (Lipinski definition) is 2. The summed E-state index contributed by atoms with van der Waals surface area (Å²) < 4.78 is 5.00. The van der Waals surface area contributed by atoms with E-state index in [1.54, 1.807) is 0 Å². The van der Waals surface area contributed by atoms with Crippen molar-refractivity contribution in [1.29, 1.82) is 0 Å². The molecule has 0 radical (unpaired) electrons. The summed E-state index contributed by atoms with van der Waals surface area (Å²) in [5, 5.41) is 0. The van der Waals surface area contributed by atoms with Gasteiger partial charge in [-0.2, -0.15) is 0 Å². The maximum atomic E-state index is 11.3. The van der Waals surface area contributed by atoms with Gasteiger partial charge in [-0.3, -0.25) is 4.79 Å². The molecule has 0 heterocycles. The van der Waals surface area contributed by atoms with Crippen LogP contribution in [0.1, 0.15) is 24.5 Å². The van der Waals surface area contributed by atoms with Crippen molar-refractivity contribution in [3.05, 3.63) is 35.4 Å². The lowest BCUT2D eigenvalue weighted by molar-refractivity contribution is -0.142. The van der Waals surface area contributed by atoms with Crippen molar-refractivity contribution < 1.29 is 9.53 Å². The van der Waals surface area contributed by atoms with Crippen LogP contribution in [0, 0.1) is 6.92 Å². The highest BCUT2D eigenvalue weighted by molar-refractivity contribution is 5.72. The Balaban J connectivity index is 2.47. The largest absolute Gasteiger partial charge is 0.465 e.